The van der Waals surface area contributed by atoms with Gasteiger partial charge in [-0.2, -0.15) is 5.26 Å². The molecule has 0 saturated carbocycles. The molecule has 0 radical (unpaired) electrons. The van der Waals surface area contributed by atoms with Crippen LogP contribution < -0.4 is 10.6 Å². The number of aliphatic hydroxyl groups excluding tert-OH is 1. The van der Waals surface area contributed by atoms with Crippen molar-refractivity contribution in [3.63, 3.8) is 0 Å². The Labute approximate surface area is 155 Å². The van der Waals surface area contributed by atoms with Crippen molar-refractivity contribution in [2.75, 3.05) is 5.32 Å². The first-order valence-corrected chi connectivity index (χ1v) is 8.08. The molecule has 0 aliphatic heterocycles. The van der Waals surface area contributed by atoms with Crippen LogP contribution in [0.3, 0.4) is 0 Å². The fraction of sp³-hybridized carbons (Fsp3) is 0.111. The highest BCUT2D eigenvalue weighted by Crippen LogP contribution is 2.25. The third-order valence-electron chi connectivity index (χ3n) is 3.30. The van der Waals surface area contributed by atoms with E-state index in [-0.39, 0.29) is 12.2 Å². The van der Waals surface area contributed by atoms with Crippen LogP contribution >= 0.6 is 23.2 Å². The predicted molar refractivity (Wildman–Crippen MR) is 98.0 cm³/mol. The molecule has 2 rings (SSSR count). The van der Waals surface area contributed by atoms with Crippen molar-refractivity contribution in [2.24, 2.45) is 0 Å². The average molecular weight is 376 g/mol. The van der Waals surface area contributed by atoms with Gasteiger partial charge in [0.1, 0.15) is 11.6 Å². The summed E-state index contributed by atoms with van der Waals surface area (Å²) in [6, 6.07) is 13.8. The molecule has 3 N–H and O–H groups in total. The maximum absolute atomic E-state index is 12.2. The van der Waals surface area contributed by atoms with Crippen LogP contribution in [0.1, 0.15) is 11.1 Å². The molecule has 25 heavy (non-hydrogen) atoms. The van der Waals surface area contributed by atoms with Gasteiger partial charge in [-0.25, -0.2) is 0 Å². The number of halogens is 2. The molecule has 0 heterocycles. The van der Waals surface area contributed by atoms with E-state index in [9.17, 15) is 4.79 Å². The molecule has 0 atom stereocenters. The summed E-state index contributed by atoms with van der Waals surface area (Å²) < 4.78 is 0. The van der Waals surface area contributed by atoms with E-state index in [4.69, 9.17) is 33.6 Å². The lowest BCUT2D eigenvalue weighted by Gasteiger charge is -2.07. The lowest BCUT2D eigenvalue weighted by Crippen LogP contribution is -2.17. The third-order valence-corrected chi connectivity index (χ3v) is 3.86. The Bertz CT molecular complexity index is 827. The van der Waals surface area contributed by atoms with Gasteiger partial charge in [-0.3, -0.25) is 4.79 Å². The van der Waals surface area contributed by atoms with Crippen LogP contribution in [0.4, 0.5) is 5.69 Å². The summed E-state index contributed by atoms with van der Waals surface area (Å²) in [4.78, 5) is 12.2. The van der Waals surface area contributed by atoms with Crippen LogP contribution in [0.2, 0.25) is 10.0 Å². The van der Waals surface area contributed by atoms with E-state index in [2.05, 4.69) is 10.6 Å². The number of hydrogen-bond donors (Lipinski definition) is 3. The molecule has 0 unspecified atom stereocenters. The van der Waals surface area contributed by atoms with Crippen LogP contribution in [0.25, 0.3) is 0 Å². The highest BCUT2D eigenvalue weighted by Gasteiger charge is 2.11. The lowest BCUT2D eigenvalue weighted by molar-refractivity contribution is -0.112. The third kappa shape index (κ3) is 5.50. The number of nitriles is 1. The number of carbonyl (C=O) groups is 1. The standard InChI is InChI=1S/C18H15Cl2N3O2/c19-15-5-6-16(20)17(7-15)23-18(25)14(8-21)10-22-9-12-1-3-13(11-24)4-2-12/h1-7,10,22,24H,9,11H2,(H,23,25)/b14-10-. The fourth-order valence-corrected chi connectivity index (χ4v) is 2.30. The molecule has 2 aromatic rings. The van der Waals surface area contributed by atoms with Crippen LogP contribution in [0.5, 0.6) is 0 Å². The van der Waals surface area contributed by atoms with Crippen LogP contribution in [-0.4, -0.2) is 11.0 Å². The molecule has 2 aromatic carbocycles. The summed E-state index contributed by atoms with van der Waals surface area (Å²) in [5.41, 5.74) is 2.00. The molecule has 128 valence electrons. The van der Waals surface area contributed by atoms with Gasteiger partial charge < -0.3 is 15.7 Å². The van der Waals surface area contributed by atoms with E-state index in [0.717, 1.165) is 11.1 Å². The minimum Gasteiger partial charge on any atom is -0.392 e. The maximum atomic E-state index is 12.2. The van der Waals surface area contributed by atoms with E-state index >= 15 is 0 Å². The summed E-state index contributed by atoms with van der Waals surface area (Å²) in [5, 5.41) is 24.4. The summed E-state index contributed by atoms with van der Waals surface area (Å²) in [7, 11) is 0. The number of anilines is 1. The number of rotatable bonds is 6. The number of nitrogens with one attached hydrogen (secondary N) is 2. The summed E-state index contributed by atoms with van der Waals surface area (Å²) in [6.07, 6.45) is 1.34. The second-order valence-electron chi connectivity index (χ2n) is 5.10. The van der Waals surface area contributed by atoms with Gasteiger partial charge in [0, 0.05) is 17.8 Å². The molecule has 0 spiro atoms. The number of aliphatic hydroxyl groups is 1. The van der Waals surface area contributed by atoms with E-state index in [1.807, 2.05) is 18.2 Å². The zero-order valence-corrected chi connectivity index (χ0v) is 14.6. The Hall–Kier alpha value is -2.52. The van der Waals surface area contributed by atoms with Crippen molar-refractivity contribution in [1.29, 1.82) is 5.26 Å². The van der Waals surface area contributed by atoms with Crippen molar-refractivity contribution < 1.29 is 9.90 Å². The van der Waals surface area contributed by atoms with E-state index in [1.165, 1.54) is 12.3 Å². The van der Waals surface area contributed by atoms with Gasteiger partial charge in [-0.1, -0.05) is 47.5 Å². The van der Waals surface area contributed by atoms with Gasteiger partial charge in [-0.05, 0) is 29.3 Å². The minimum absolute atomic E-state index is 0.0155. The first-order valence-electron chi connectivity index (χ1n) is 7.32. The largest absolute Gasteiger partial charge is 0.392 e. The number of benzene rings is 2. The van der Waals surface area contributed by atoms with Gasteiger partial charge in [-0.15, -0.1) is 0 Å². The number of hydrogen-bond acceptors (Lipinski definition) is 4. The molecule has 0 saturated heterocycles. The molecule has 0 aliphatic carbocycles. The normalized spacial score (nSPS) is 10.9. The van der Waals surface area contributed by atoms with Gasteiger partial charge in [0.2, 0.25) is 0 Å². The van der Waals surface area contributed by atoms with Gasteiger partial charge in [0.15, 0.2) is 0 Å². The van der Waals surface area contributed by atoms with Crippen LogP contribution in [0.15, 0.2) is 54.2 Å². The highest BCUT2D eigenvalue weighted by molar-refractivity contribution is 6.35. The van der Waals surface area contributed by atoms with Crippen LogP contribution in [0, 0.1) is 11.3 Å². The first-order chi connectivity index (χ1) is 12.0. The van der Waals surface area contributed by atoms with Gasteiger partial charge in [0.05, 0.1) is 17.3 Å². The smallest absolute Gasteiger partial charge is 0.267 e. The molecular formula is C18H15Cl2N3O2. The maximum Gasteiger partial charge on any atom is 0.267 e. The van der Waals surface area contributed by atoms with Gasteiger partial charge in [0.25, 0.3) is 5.91 Å². The molecular weight excluding hydrogens is 361 g/mol. The minimum atomic E-state index is -0.588. The zero-order chi connectivity index (χ0) is 18.2. The van der Waals surface area contributed by atoms with Gasteiger partial charge >= 0.3 is 0 Å². The van der Waals surface area contributed by atoms with Crippen molar-refractivity contribution in [3.05, 3.63) is 75.4 Å². The Morgan fingerprint density at radius 1 is 1.16 bits per heavy atom. The van der Waals surface area contributed by atoms with Crippen molar-refractivity contribution in [1.82, 2.24) is 5.32 Å². The van der Waals surface area contributed by atoms with E-state index < -0.39 is 5.91 Å². The second kappa shape index (κ2) is 9.09. The molecule has 5 nitrogen and oxygen atoms in total. The van der Waals surface area contributed by atoms with E-state index in [1.54, 1.807) is 24.3 Å². The number of carbonyl (C=O) groups excluding carboxylic acids is 1. The van der Waals surface area contributed by atoms with Crippen LogP contribution in [-0.2, 0) is 17.9 Å². The van der Waals surface area contributed by atoms with Crippen molar-refractivity contribution in [3.8, 4) is 6.07 Å². The lowest BCUT2D eigenvalue weighted by atomic mass is 10.1. The topological polar surface area (TPSA) is 85.2 Å². The molecule has 1 amide bonds. The predicted octanol–water partition coefficient (Wildman–Crippen LogP) is 3.62. The average Bonchev–Trinajstić information content (AvgIpc) is 2.62. The number of nitrogens with zero attached hydrogens (tertiary/aromatic N) is 1. The fourth-order valence-electron chi connectivity index (χ4n) is 1.96. The molecule has 0 aliphatic rings. The quantitative estimate of drug-likeness (QED) is 0.531. The SMILES string of the molecule is N#C/C(=C/NCc1ccc(CO)cc1)C(=O)Nc1cc(Cl)ccc1Cl. The molecule has 7 heteroatoms. The summed E-state index contributed by atoms with van der Waals surface area (Å²) >= 11 is 11.9. The first kappa shape index (κ1) is 18.8. The highest BCUT2D eigenvalue weighted by atomic mass is 35.5. The molecule has 0 fully saturated rings. The molecule has 0 aromatic heterocycles. The molecule has 0 bridgehead atoms. The van der Waals surface area contributed by atoms with E-state index in [0.29, 0.717) is 22.3 Å². The monoisotopic (exact) mass is 375 g/mol. The second-order valence-corrected chi connectivity index (χ2v) is 5.95. The van der Waals surface area contributed by atoms with Crippen molar-refractivity contribution in [2.45, 2.75) is 13.2 Å². The summed E-state index contributed by atoms with van der Waals surface area (Å²) in [6.45, 7) is 0.417. The Morgan fingerprint density at radius 2 is 1.84 bits per heavy atom. The Balaban J connectivity index is 2.00. The number of amides is 1. The Kier molecular flexibility index (Phi) is 6.84. The van der Waals surface area contributed by atoms with Crippen molar-refractivity contribution >= 4 is 34.8 Å². The zero-order valence-electron chi connectivity index (χ0n) is 13.1. The summed E-state index contributed by atoms with van der Waals surface area (Å²) in [5.74, 6) is -0.588. The Morgan fingerprint density at radius 3 is 2.48 bits per heavy atom.